The molecule has 2 aromatic heterocycles. The third-order valence-corrected chi connectivity index (χ3v) is 1.79. The summed E-state index contributed by atoms with van der Waals surface area (Å²) >= 11 is 5.68. The highest BCUT2D eigenvalue weighted by Crippen LogP contribution is 2.19. The predicted molar refractivity (Wildman–Crippen MR) is 48.4 cm³/mol. The lowest BCUT2D eigenvalue weighted by molar-refractivity contribution is 1.19. The molecule has 4 nitrogen and oxygen atoms in total. The van der Waals surface area contributed by atoms with E-state index in [0.717, 1.165) is 16.9 Å². The minimum atomic E-state index is 0.245. The number of H-pyrrole nitrogens is 1. The summed E-state index contributed by atoms with van der Waals surface area (Å²) in [5.74, 6) is 0.742. The largest absolute Gasteiger partial charge is 0.372 e. The number of halogens is 1. The van der Waals surface area contributed by atoms with E-state index in [1.807, 2.05) is 6.07 Å². The third kappa shape index (κ3) is 1.00. The molecule has 0 bridgehead atoms. The molecule has 0 saturated carbocycles. The summed E-state index contributed by atoms with van der Waals surface area (Å²) in [6.45, 7) is 0. The first kappa shape index (κ1) is 7.36. The van der Waals surface area contributed by atoms with Gasteiger partial charge in [-0.1, -0.05) is 0 Å². The van der Waals surface area contributed by atoms with E-state index in [2.05, 4.69) is 20.3 Å². The fraction of sp³-hybridized carbons (Fsp3) is 0.143. The fourth-order valence-electron chi connectivity index (χ4n) is 1.10. The van der Waals surface area contributed by atoms with Crippen LogP contribution in [0.4, 0.5) is 5.82 Å². The molecular weight excluding hydrogens is 176 g/mol. The van der Waals surface area contributed by atoms with Crippen LogP contribution < -0.4 is 5.32 Å². The first-order chi connectivity index (χ1) is 5.81. The van der Waals surface area contributed by atoms with Crippen LogP contribution in [0.1, 0.15) is 0 Å². The Kier molecular flexibility index (Phi) is 1.62. The van der Waals surface area contributed by atoms with Crippen molar-refractivity contribution < 1.29 is 0 Å². The zero-order chi connectivity index (χ0) is 8.55. The number of aromatic nitrogens is 3. The van der Waals surface area contributed by atoms with Crippen LogP contribution in [-0.2, 0) is 0 Å². The van der Waals surface area contributed by atoms with Gasteiger partial charge in [0.25, 0.3) is 0 Å². The Balaban J connectivity index is 2.80. The molecule has 12 heavy (non-hydrogen) atoms. The molecule has 0 radical (unpaired) electrons. The molecule has 0 amide bonds. The second-order valence-corrected chi connectivity index (χ2v) is 2.67. The quantitative estimate of drug-likeness (QED) is 0.660. The number of aromatic amines is 1. The molecule has 0 atom stereocenters. The monoisotopic (exact) mass is 182 g/mol. The highest BCUT2D eigenvalue weighted by atomic mass is 35.5. The van der Waals surface area contributed by atoms with E-state index in [4.69, 9.17) is 11.6 Å². The minimum Gasteiger partial charge on any atom is -0.372 e. The number of hydrogen-bond acceptors (Lipinski definition) is 3. The van der Waals surface area contributed by atoms with E-state index in [1.165, 1.54) is 0 Å². The van der Waals surface area contributed by atoms with Gasteiger partial charge in [0.2, 0.25) is 5.28 Å². The zero-order valence-electron chi connectivity index (χ0n) is 6.43. The van der Waals surface area contributed by atoms with Crippen LogP contribution >= 0.6 is 11.6 Å². The first-order valence-corrected chi connectivity index (χ1v) is 3.87. The van der Waals surface area contributed by atoms with Gasteiger partial charge < -0.3 is 10.3 Å². The van der Waals surface area contributed by atoms with Crippen LogP contribution in [0.3, 0.4) is 0 Å². The topological polar surface area (TPSA) is 53.6 Å². The molecule has 0 aromatic carbocycles. The lowest BCUT2D eigenvalue weighted by Crippen LogP contribution is -1.94. The molecule has 0 saturated heterocycles. The maximum atomic E-state index is 5.68. The summed E-state index contributed by atoms with van der Waals surface area (Å²) in [5, 5.41) is 4.13. The molecule has 0 aliphatic rings. The van der Waals surface area contributed by atoms with E-state index in [-0.39, 0.29) is 5.28 Å². The van der Waals surface area contributed by atoms with Crippen molar-refractivity contribution in [3.05, 3.63) is 17.5 Å². The molecule has 2 heterocycles. The second kappa shape index (κ2) is 2.64. The summed E-state index contributed by atoms with van der Waals surface area (Å²) in [6, 6.07) is 1.90. The van der Waals surface area contributed by atoms with E-state index >= 15 is 0 Å². The highest BCUT2D eigenvalue weighted by Gasteiger charge is 2.04. The van der Waals surface area contributed by atoms with E-state index in [0.29, 0.717) is 0 Å². The standard InChI is InChI=1S/C7H7ClN4/c1-9-5-4-2-3-10-6(4)12-7(8)11-5/h2-3H,1H3,(H2,9,10,11,12). The molecule has 2 N–H and O–H groups in total. The lowest BCUT2D eigenvalue weighted by atomic mass is 10.4. The zero-order valence-corrected chi connectivity index (χ0v) is 7.18. The van der Waals surface area contributed by atoms with Gasteiger partial charge in [0.15, 0.2) is 0 Å². The number of nitrogens with one attached hydrogen (secondary N) is 2. The summed E-state index contributed by atoms with van der Waals surface area (Å²) in [4.78, 5) is 11.0. The Morgan fingerprint density at radius 1 is 1.50 bits per heavy atom. The first-order valence-electron chi connectivity index (χ1n) is 3.49. The van der Waals surface area contributed by atoms with E-state index in [1.54, 1.807) is 13.2 Å². The second-order valence-electron chi connectivity index (χ2n) is 2.33. The summed E-state index contributed by atoms with van der Waals surface area (Å²) in [5.41, 5.74) is 0.749. The predicted octanol–water partition coefficient (Wildman–Crippen LogP) is 1.65. The van der Waals surface area contributed by atoms with Gasteiger partial charge in [-0.05, 0) is 17.7 Å². The van der Waals surface area contributed by atoms with E-state index in [9.17, 15) is 0 Å². The number of fused-ring (bicyclic) bond motifs is 1. The average molecular weight is 183 g/mol. The molecule has 0 fully saturated rings. The van der Waals surface area contributed by atoms with Gasteiger partial charge in [0.05, 0.1) is 5.39 Å². The molecule has 0 aliphatic carbocycles. The number of rotatable bonds is 1. The number of nitrogens with zero attached hydrogens (tertiary/aromatic N) is 2. The van der Waals surface area contributed by atoms with Crippen molar-refractivity contribution in [1.82, 2.24) is 15.0 Å². The van der Waals surface area contributed by atoms with Crippen LogP contribution in [0.5, 0.6) is 0 Å². The lowest BCUT2D eigenvalue weighted by Gasteiger charge is -1.99. The number of anilines is 1. The molecule has 0 aliphatic heterocycles. The maximum absolute atomic E-state index is 5.68. The van der Waals surface area contributed by atoms with Gasteiger partial charge in [-0.3, -0.25) is 0 Å². The van der Waals surface area contributed by atoms with Crippen molar-refractivity contribution in [2.75, 3.05) is 12.4 Å². The van der Waals surface area contributed by atoms with Crippen molar-refractivity contribution in [3.8, 4) is 0 Å². The maximum Gasteiger partial charge on any atom is 0.226 e. The van der Waals surface area contributed by atoms with Crippen LogP contribution in [0.15, 0.2) is 12.3 Å². The number of hydrogen-bond donors (Lipinski definition) is 2. The summed E-state index contributed by atoms with van der Waals surface area (Å²) in [6.07, 6.45) is 1.80. The Morgan fingerprint density at radius 3 is 3.08 bits per heavy atom. The van der Waals surface area contributed by atoms with Gasteiger partial charge in [-0.2, -0.15) is 4.98 Å². The molecule has 0 unspecified atom stereocenters. The average Bonchev–Trinajstić information content (AvgIpc) is 2.50. The van der Waals surface area contributed by atoms with Gasteiger partial charge in [0.1, 0.15) is 11.5 Å². The third-order valence-electron chi connectivity index (χ3n) is 1.63. The van der Waals surface area contributed by atoms with Gasteiger partial charge in [-0.15, -0.1) is 0 Å². The molecule has 62 valence electrons. The highest BCUT2D eigenvalue weighted by molar-refractivity contribution is 6.28. The van der Waals surface area contributed by atoms with Crippen molar-refractivity contribution in [1.29, 1.82) is 0 Å². The Bertz CT molecular complexity index is 409. The molecule has 5 heteroatoms. The smallest absolute Gasteiger partial charge is 0.226 e. The van der Waals surface area contributed by atoms with Gasteiger partial charge in [0, 0.05) is 13.2 Å². The normalized spacial score (nSPS) is 10.5. The van der Waals surface area contributed by atoms with Gasteiger partial charge in [-0.25, -0.2) is 4.98 Å². The molecule has 2 rings (SSSR count). The molecule has 0 spiro atoms. The van der Waals surface area contributed by atoms with Crippen molar-refractivity contribution in [2.45, 2.75) is 0 Å². The van der Waals surface area contributed by atoms with Crippen molar-refractivity contribution >= 4 is 28.5 Å². The van der Waals surface area contributed by atoms with Crippen LogP contribution in [0.2, 0.25) is 5.28 Å². The van der Waals surface area contributed by atoms with Crippen LogP contribution in [-0.4, -0.2) is 22.0 Å². The van der Waals surface area contributed by atoms with Crippen LogP contribution in [0, 0.1) is 0 Å². The van der Waals surface area contributed by atoms with Crippen molar-refractivity contribution in [3.63, 3.8) is 0 Å². The molecule has 2 aromatic rings. The molecular formula is C7H7ClN4. The SMILES string of the molecule is CNc1nc(Cl)nc2[nH]ccc12. The summed E-state index contributed by atoms with van der Waals surface area (Å²) in [7, 11) is 1.80. The Morgan fingerprint density at radius 2 is 2.33 bits per heavy atom. The van der Waals surface area contributed by atoms with Gasteiger partial charge >= 0.3 is 0 Å². The van der Waals surface area contributed by atoms with Crippen LogP contribution in [0.25, 0.3) is 11.0 Å². The minimum absolute atomic E-state index is 0.245. The summed E-state index contributed by atoms with van der Waals surface area (Å²) < 4.78 is 0. The van der Waals surface area contributed by atoms with E-state index < -0.39 is 0 Å². The Hall–Kier alpha value is -1.29. The van der Waals surface area contributed by atoms with Crippen molar-refractivity contribution in [2.24, 2.45) is 0 Å². The fourth-order valence-corrected chi connectivity index (χ4v) is 1.27. The Labute approximate surface area is 74.0 Å².